The van der Waals surface area contributed by atoms with Gasteiger partial charge in [0.2, 0.25) is 0 Å². The van der Waals surface area contributed by atoms with Gasteiger partial charge in [-0.1, -0.05) is 26.7 Å². The van der Waals surface area contributed by atoms with Gasteiger partial charge in [0, 0.05) is 17.7 Å². The van der Waals surface area contributed by atoms with E-state index in [0.29, 0.717) is 23.8 Å². The van der Waals surface area contributed by atoms with Crippen molar-refractivity contribution < 1.29 is 14.8 Å². The summed E-state index contributed by atoms with van der Waals surface area (Å²) in [5.41, 5.74) is 0.422. The predicted octanol–water partition coefficient (Wildman–Crippen LogP) is 3.46. The molecule has 1 aromatic rings. The van der Waals surface area contributed by atoms with Crippen LogP contribution < -0.4 is 4.74 Å². The molecule has 0 aliphatic carbocycles. The Balaban J connectivity index is 2.91. The fourth-order valence-electron chi connectivity index (χ4n) is 1.84. The van der Waals surface area contributed by atoms with E-state index in [4.69, 9.17) is 4.74 Å². The first kappa shape index (κ1) is 15.4. The van der Waals surface area contributed by atoms with Crippen molar-refractivity contribution in [3.63, 3.8) is 0 Å². The average molecular weight is 267 g/mol. The zero-order chi connectivity index (χ0) is 14.4. The first-order valence-electron chi connectivity index (χ1n) is 6.58. The van der Waals surface area contributed by atoms with Gasteiger partial charge in [-0.3, -0.25) is 10.1 Å². The minimum atomic E-state index is -0.795. The van der Waals surface area contributed by atoms with Crippen LogP contribution in [0.15, 0.2) is 18.2 Å². The van der Waals surface area contributed by atoms with Crippen LogP contribution in [-0.2, 0) is 0 Å². The summed E-state index contributed by atoms with van der Waals surface area (Å²) >= 11 is 0. The maximum absolute atomic E-state index is 10.7. The van der Waals surface area contributed by atoms with Gasteiger partial charge in [0.1, 0.15) is 5.75 Å². The number of nitrogens with zero attached hydrogens (tertiary/aromatic N) is 1. The molecule has 0 heterocycles. The Labute approximate surface area is 113 Å². The Morgan fingerprint density at radius 3 is 2.47 bits per heavy atom. The van der Waals surface area contributed by atoms with E-state index in [2.05, 4.69) is 13.8 Å². The molecule has 1 atom stereocenters. The average Bonchev–Trinajstić information content (AvgIpc) is 2.39. The molecule has 0 fully saturated rings. The summed E-state index contributed by atoms with van der Waals surface area (Å²) in [6, 6.07) is 4.32. The maximum atomic E-state index is 10.7. The van der Waals surface area contributed by atoms with Gasteiger partial charge in [0.25, 0.3) is 5.69 Å². The van der Waals surface area contributed by atoms with Gasteiger partial charge >= 0.3 is 0 Å². The van der Waals surface area contributed by atoms with E-state index in [0.717, 1.165) is 12.8 Å². The highest BCUT2D eigenvalue weighted by atomic mass is 16.6. The number of nitro benzene ring substituents is 1. The quantitative estimate of drug-likeness (QED) is 0.606. The van der Waals surface area contributed by atoms with Crippen molar-refractivity contribution in [2.45, 2.75) is 39.7 Å². The van der Waals surface area contributed by atoms with E-state index >= 15 is 0 Å². The number of benzene rings is 1. The number of hydrogen-bond donors (Lipinski definition) is 1. The topological polar surface area (TPSA) is 72.6 Å². The van der Waals surface area contributed by atoms with Gasteiger partial charge in [-0.25, -0.2) is 0 Å². The van der Waals surface area contributed by atoms with E-state index < -0.39 is 11.0 Å². The molecule has 0 amide bonds. The standard InChI is InChI=1S/C14H21NO4/c1-4-11(5-2)9-19-14-7-6-12(15(17)18)8-13(14)10(3)16/h6-8,10-11,16H,4-5,9H2,1-3H3/t10-/m0/s1. The molecule has 0 unspecified atom stereocenters. The van der Waals surface area contributed by atoms with E-state index in [-0.39, 0.29) is 5.69 Å². The highest BCUT2D eigenvalue weighted by Crippen LogP contribution is 2.29. The molecule has 0 saturated heterocycles. The van der Waals surface area contributed by atoms with Crippen LogP contribution in [0.1, 0.15) is 45.3 Å². The lowest BCUT2D eigenvalue weighted by Crippen LogP contribution is -2.11. The lowest BCUT2D eigenvalue weighted by molar-refractivity contribution is -0.385. The molecule has 0 spiro atoms. The third-order valence-electron chi connectivity index (χ3n) is 3.28. The van der Waals surface area contributed by atoms with Crippen molar-refractivity contribution in [2.24, 2.45) is 5.92 Å². The molecule has 0 aromatic heterocycles. The Morgan fingerprint density at radius 1 is 1.37 bits per heavy atom. The fourth-order valence-corrected chi connectivity index (χ4v) is 1.84. The molecule has 5 heteroatoms. The monoisotopic (exact) mass is 267 g/mol. The molecule has 0 aliphatic heterocycles. The number of ether oxygens (including phenoxy) is 1. The second kappa shape index (κ2) is 7.09. The summed E-state index contributed by atoms with van der Waals surface area (Å²) in [5, 5.41) is 20.4. The van der Waals surface area contributed by atoms with Crippen LogP contribution in [0.2, 0.25) is 0 Å². The summed E-state index contributed by atoms with van der Waals surface area (Å²) in [4.78, 5) is 10.3. The molecule has 1 N–H and O–H groups in total. The maximum Gasteiger partial charge on any atom is 0.270 e. The van der Waals surface area contributed by atoms with Crippen LogP contribution >= 0.6 is 0 Å². The Morgan fingerprint density at radius 2 is 2.00 bits per heavy atom. The molecule has 1 aromatic carbocycles. The Hall–Kier alpha value is -1.62. The molecule has 5 nitrogen and oxygen atoms in total. The molecule has 19 heavy (non-hydrogen) atoms. The number of non-ortho nitro benzene ring substituents is 1. The second-order valence-corrected chi connectivity index (χ2v) is 4.65. The Kier molecular flexibility index (Phi) is 5.76. The predicted molar refractivity (Wildman–Crippen MR) is 73.3 cm³/mol. The SMILES string of the molecule is CCC(CC)COc1ccc([N+](=O)[O-])cc1[C@H](C)O. The zero-order valence-corrected chi connectivity index (χ0v) is 11.6. The van der Waals surface area contributed by atoms with Gasteiger partial charge in [-0.15, -0.1) is 0 Å². The molecule has 0 radical (unpaired) electrons. The molecule has 106 valence electrons. The molecule has 0 bridgehead atoms. The van der Waals surface area contributed by atoms with Crippen LogP contribution in [0, 0.1) is 16.0 Å². The lowest BCUT2D eigenvalue weighted by Gasteiger charge is -2.17. The number of aliphatic hydroxyl groups excluding tert-OH is 1. The minimum Gasteiger partial charge on any atom is -0.493 e. The van der Waals surface area contributed by atoms with Crippen LogP contribution in [0.3, 0.4) is 0 Å². The van der Waals surface area contributed by atoms with Crippen molar-refractivity contribution in [1.82, 2.24) is 0 Å². The molecule has 0 aliphatic rings. The van der Waals surface area contributed by atoms with E-state index in [1.165, 1.54) is 12.1 Å². The minimum absolute atomic E-state index is 0.0363. The van der Waals surface area contributed by atoms with Crippen molar-refractivity contribution >= 4 is 5.69 Å². The van der Waals surface area contributed by atoms with Gasteiger partial charge in [0.05, 0.1) is 17.6 Å². The second-order valence-electron chi connectivity index (χ2n) is 4.65. The third kappa shape index (κ3) is 4.21. The summed E-state index contributed by atoms with van der Waals surface area (Å²) in [6.07, 6.45) is 1.25. The number of nitro groups is 1. The normalized spacial score (nSPS) is 12.5. The first-order valence-corrected chi connectivity index (χ1v) is 6.58. The number of aliphatic hydroxyl groups is 1. The van der Waals surface area contributed by atoms with Gasteiger partial charge in [-0.05, 0) is 18.9 Å². The van der Waals surface area contributed by atoms with Gasteiger partial charge < -0.3 is 9.84 Å². The van der Waals surface area contributed by atoms with Crippen LogP contribution in [0.5, 0.6) is 5.75 Å². The van der Waals surface area contributed by atoms with Crippen LogP contribution in [0.25, 0.3) is 0 Å². The van der Waals surface area contributed by atoms with Gasteiger partial charge in [-0.2, -0.15) is 0 Å². The highest BCUT2D eigenvalue weighted by molar-refractivity contribution is 5.44. The molecular formula is C14H21NO4. The lowest BCUT2D eigenvalue weighted by atomic mass is 10.0. The fraction of sp³-hybridized carbons (Fsp3) is 0.571. The third-order valence-corrected chi connectivity index (χ3v) is 3.28. The largest absolute Gasteiger partial charge is 0.493 e. The van der Waals surface area contributed by atoms with Crippen LogP contribution in [0.4, 0.5) is 5.69 Å². The molecule has 1 rings (SSSR count). The number of hydrogen-bond acceptors (Lipinski definition) is 4. The smallest absolute Gasteiger partial charge is 0.270 e. The van der Waals surface area contributed by atoms with Crippen molar-refractivity contribution in [3.05, 3.63) is 33.9 Å². The Bertz CT molecular complexity index is 427. The molecular weight excluding hydrogens is 246 g/mol. The van der Waals surface area contributed by atoms with E-state index in [9.17, 15) is 15.2 Å². The van der Waals surface area contributed by atoms with Gasteiger partial charge in [0.15, 0.2) is 0 Å². The van der Waals surface area contributed by atoms with E-state index in [1.54, 1.807) is 13.0 Å². The summed E-state index contributed by atoms with van der Waals surface area (Å²) in [5.74, 6) is 0.976. The summed E-state index contributed by atoms with van der Waals surface area (Å²) < 4.78 is 5.69. The number of rotatable bonds is 7. The molecule has 0 saturated carbocycles. The van der Waals surface area contributed by atoms with Crippen molar-refractivity contribution in [2.75, 3.05) is 6.61 Å². The highest BCUT2D eigenvalue weighted by Gasteiger charge is 2.16. The van der Waals surface area contributed by atoms with Crippen LogP contribution in [-0.4, -0.2) is 16.6 Å². The summed E-state index contributed by atoms with van der Waals surface area (Å²) in [6.45, 7) is 6.33. The van der Waals surface area contributed by atoms with E-state index in [1.807, 2.05) is 0 Å². The summed E-state index contributed by atoms with van der Waals surface area (Å²) in [7, 11) is 0. The van der Waals surface area contributed by atoms with Crippen molar-refractivity contribution in [3.8, 4) is 5.75 Å². The first-order chi connectivity index (χ1) is 8.99. The van der Waals surface area contributed by atoms with Crippen molar-refractivity contribution in [1.29, 1.82) is 0 Å². The zero-order valence-electron chi connectivity index (χ0n) is 11.6.